The van der Waals surface area contributed by atoms with E-state index >= 15 is 0 Å². The maximum atomic E-state index is 13.3. The summed E-state index contributed by atoms with van der Waals surface area (Å²) in [6.45, 7) is 6.08. The number of hydrogen-bond acceptors (Lipinski definition) is 3. The Hall–Kier alpha value is -3.42. The first-order valence-electron chi connectivity index (χ1n) is 10.1. The van der Waals surface area contributed by atoms with E-state index in [1.807, 2.05) is 20.8 Å². The van der Waals surface area contributed by atoms with Crippen LogP contribution in [0, 0.1) is 11.7 Å². The second-order valence-electron chi connectivity index (χ2n) is 8.63. The van der Waals surface area contributed by atoms with Crippen LogP contribution in [0.3, 0.4) is 0 Å². The zero-order chi connectivity index (χ0) is 22.6. The molecule has 1 aliphatic heterocycles. The summed E-state index contributed by atoms with van der Waals surface area (Å²) in [4.78, 5) is 38.7. The standard InChI is InChI=1S/C23H27FN4O3/c1-23(2,3)27-22(31)26-18-8-5-9-19(12-18)28-14-16(11-20(28)29)21(30)25-13-15-6-4-7-17(24)10-15/h4-10,12,16H,11,13-14H2,1-3H3,(H,25,30)(H2,26,27,31). The van der Waals surface area contributed by atoms with Crippen LogP contribution < -0.4 is 20.9 Å². The highest BCUT2D eigenvalue weighted by Gasteiger charge is 2.35. The largest absolute Gasteiger partial charge is 0.352 e. The normalized spacial score (nSPS) is 16.2. The monoisotopic (exact) mass is 426 g/mol. The van der Waals surface area contributed by atoms with Crippen molar-refractivity contribution in [3.05, 3.63) is 59.9 Å². The van der Waals surface area contributed by atoms with E-state index < -0.39 is 5.92 Å². The number of urea groups is 1. The van der Waals surface area contributed by atoms with Gasteiger partial charge in [-0.3, -0.25) is 9.59 Å². The number of benzene rings is 2. The molecule has 2 aromatic carbocycles. The lowest BCUT2D eigenvalue weighted by Crippen LogP contribution is -2.43. The van der Waals surface area contributed by atoms with Gasteiger partial charge in [0.05, 0.1) is 5.92 Å². The van der Waals surface area contributed by atoms with Gasteiger partial charge in [-0.1, -0.05) is 18.2 Å². The Labute approximate surface area is 181 Å². The maximum absolute atomic E-state index is 13.3. The van der Waals surface area contributed by atoms with Crippen molar-refractivity contribution in [1.29, 1.82) is 0 Å². The molecule has 1 unspecified atom stereocenters. The van der Waals surface area contributed by atoms with Crippen LogP contribution in [-0.4, -0.2) is 29.9 Å². The highest BCUT2D eigenvalue weighted by atomic mass is 19.1. The van der Waals surface area contributed by atoms with Gasteiger partial charge < -0.3 is 20.9 Å². The predicted octanol–water partition coefficient (Wildman–Crippen LogP) is 3.42. The van der Waals surface area contributed by atoms with E-state index in [-0.39, 0.29) is 48.7 Å². The molecule has 3 N–H and O–H groups in total. The fourth-order valence-electron chi connectivity index (χ4n) is 3.37. The molecular formula is C23H27FN4O3. The number of amides is 4. The van der Waals surface area contributed by atoms with Crippen LogP contribution in [0.25, 0.3) is 0 Å². The van der Waals surface area contributed by atoms with Crippen LogP contribution in [0.15, 0.2) is 48.5 Å². The summed E-state index contributed by atoms with van der Waals surface area (Å²) in [6, 6.07) is 12.6. The number of hydrogen-bond donors (Lipinski definition) is 3. The molecule has 164 valence electrons. The molecule has 0 saturated carbocycles. The maximum Gasteiger partial charge on any atom is 0.319 e. The highest BCUT2D eigenvalue weighted by Crippen LogP contribution is 2.27. The smallest absolute Gasteiger partial charge is 0.319 e. The molecule has 1 saturated heterocycles. The van der Waals surface area contributed by atoms with Crippen molar-refractivity contribution in [2.24, 2.45) is 5.92 Å². The van der Waals surface area contributed by atoms with Crippen molar-refractivity contribution in [2.75, 3.05) is 16.8 Å². The minimum absolute atomic E-state index is 0.0944. The number of carbonyl (C=O) groups excluding carboxylic acids is 3. The summed E-state index contributed by atoms with van der Waals surface area (Å²) in [5, 5.41) is 8.34. The summed E-state index contributed by atoms with van der Waals surface area (Å²) in [7, 11) is 0. The average Bonchev–Trinajstić information content (AvgIpc) is 3.06. The first kappa shape index (κ1) is 22.3. The topological polar surface area (TPSA) is 90.5 Å². The van der Waals surface area contributed by atoms with E-state index in [1.165, 1.54) is 12.1 Å². The fourth-order valence-corrected chi connectivity index (χ4v) is 3.37. The average molecular weight is 426 g/mol. The molecule has 0 aliphatic carbocycles. The van der Waals surface area contributed by atoms with Gasteiger partial charge >= 0.3 is 6.03 Å². The summed E-state index contributed by atoms with van der Waals surface area (Å²) in [5.74, 6) is -1.28. The molecule has 7 nitrogen and oxygen atoms in total. The van der Waals surface area contributed by atoms with Crippen LogP contribution in [0.2, 0.25) is 0 Å². The van der Waals surface area contributed by atoms with Crippen LogP contribution in [-0.2, 0) is 16.1 Å². The van der Waals surface area contributed by atoms with Gasteiger partial charge in [0.15, 0.2) is 0 Å². The second-order valence-corrected chi connectivity index (χ2v) is 8.63. The number of rotatable bonds is 5. The van der Waals surface area contributed by atoms with E-state index in [2.05, 4.69) is 16.0 Å². The molecule has 1 aliphatic rings. The third kappa shape index (κ3) is 6.28. The number of carbonyl (C=O) groups is 3. The van der Waals surface area contributed by atoms with Crippen LogP contribution >= 0.6 is 0 Å². The molecule has 1 fully saturated rings. The number of halogens is 1. The summed E-state index contributed by atoms with van der Waals surface area (Å²) in [5.41, 5.74) is 1.44. The molecular weight excluding hydrogens is 399 g/mol. The number of nitrogens with zero attached hydrogens (tertiary/aromatic N) is 1. The van der Waals surface area contributed by atoms with Gasteiger partial charge in [0.25, 0.3) is 0 Å². The molecule has 0 aromatic heterocycles. The number of anilines is 2. The second kappa shape index (κ2) is 9.16. The van der Waals surface area contributed by atoms with Gasteiger partial charge in [-0.2, -0.15) is 0 Å². The number of nitrogens with one attached hydrogen (secondary N) is 3. The molecule has 1 heterocycles. The van der Waals surface area contributed by atoms with E-state index in [0.717, 1.165) is 0 Å². The van der Waals surface area contributed by atoms with Gasteiger partial charge in [0.1, 0.15) is 5.82 Å². The van der Waals surface area contributed by atoms with Gasteiger partial charge in [0.2, 0.25) is 11.8 Å². The SMILES string of the molecule is CC(C)(C)NC(=O)Nc1cccc(N2CC(C(=O)NCc3cccc(F)c3)CC2=O)c1. The van der Waals surface area contributed by atoms with Gasteiger partial charge in [-0.25, -0.2) is 9.18 Å². The summed E-state index contributed by atoms with van der Waals surface area (Å²) in [6.07, 6.45) is 0.0944. The Bertz CT molecular complexity index is 987. The van der Waals surface area contributed by atoms with Crippen molar-refractivity contribution in [3.8, 4) is 0 Å². The molecule has 1 atom stereocenters. The highest BCUT2D eigenvalue weighted by molar-refractivity contribution is 6.01. The van der Waals surface area contributed by atoms with Crippen LogP contribution in [0.4, 0.5) is 20.6 Å². The molecule has 4 amide bonds. The first-order chi connectivity index (χ1) is 14.6. The fraction of sp³-hybridized carbons (Fsp3) is 0.348. The molecule has 0 radical (unpaired) electrons. The summed E-state index contributed by atoms with van der Waals surface area (Å²) < 4.78 is 13.3. The van der Waals surface area contributed by atoms with Crippen LogP contribution in [0.5, 0.6) is 0 Å². The Kier molecular flexibility index (Phi) is 6.58. The van der Waals surface area contributed by atoms with Gasteiger partial charge in [-0.15, -0.1) is 0 Å². The minimum atomic E-state index is -0.498. The first-order valence-corrected chi connectivity index (χ1v) is 10.1. The Balaban J connectivity index is 1.60. The quantitative estimate of drug-likeness (QED) is 0.684. The van der Waals surface area contributed by atoms with Crippen LogP contribution in [0.1, 0.15) is 32.8 Å². The zero-order valence-corrected chi connectivity index (χ0v) is 17.9. The molecule has 0 spiro atoms. The molecule has 2 aromatic rings. The van der Waals surface area contributed by atoms with Crippen molar-refractivity contribution in [2.45, 2.75) is 39.3 Å². The lowest BCUT2D eigenvalue weighted by molar-refractivity contribution is -0.126. The minimum Gasteiger partial charge on any atom is -0.352 e. The van der Waals surface area contributed by atoms with E-state index in [1.54, 1.807) is 41.3 Å². The predicted molar refractivity (Wildman–Crippen MR) is 117 cm³/mol. The molecule has 31 heavy (non-hydrogen) atoms. The Morgan fingerprint density at radius 2 is 1.87 bits per heavy atom. The van der Waals surface area contributed by atoms with E-state index in [9.17, 15) is 18.8 Å². The molecule has 3 rings (SSSR count). The third-order valence-corrected chi connectivity index (χ3v) is 4.76. The van der Waals surface area contributed by atoms with Crippen molar-refractivity contribution in [3.63, 3.8) is 0 Å². The van der Waals surface area contributed by atoms with Crippen molar-refractivity contribution in [1.82, 2.24) is 10.6 Å². The summed E-state index contributed by atoms with van der Waals surface area (Å²) >= 11 is 0. The third-order valence-electron chi connectivity index (χ3n) is 4.76. The van der Waals surface area contributed by atoms with Gasteiger partial charge in [-0.05, 0) is 56.7 Å². The zero-order valence-electron chi connectivity index (χ0n) is 17.9. The Morgan fingerprint density at radius 3 is 2.58 bits per heavy atom. The van der Waals surface area contributed by atoms with E-state index in [0.29, 0.717) is 16.9 Å². The molecule has 8 heteroatoms. The lowest BCUT2D eigenvalue weighted by atomic mass is 10.1. The van der Waals surface area contributed by atoms with Crippen molar-refractivity contribution < 1.29 is 18.8 Å². The Morgan fingerprint density at radius 1 is 1.13 bits per heavy atom. The van der Waals surface area contributed by atoms with E-state index in [4.69, 9.17) is 0 Å². The van der Waals surface area contributed by atoms with Gasteiger partial charge in [0, 0.05) is 36.4 Å². The molecule has 0 bridgehead atoms. The van der Waals surface area contributed by atoms with Crippen molar-refractivity contribution >= 4 is 29.2 Å². The lowest BCUT2D eigenvalue weighted by Gasteiger charge is -2.21.